The summed E-state index contributed by atoms with van der Waals surface area (Å²) in [4.78, 5) is 11.7. The Labute approximate surface area is 141 Å². The molecule has 0 heterocycles. The zero-order valence-corrected chi connectivity index (χ0v) is 14.1. The van der Waals surface area contributed by atoms with Gasteiger partial charge in [-0.05, 0) is 55.2 Å². The molecule has 0 aliphatic rings. The molecule has 0 saturated carbocycles. The Hall–Kier alpha value is -2.20. The van der Waals surface area contributed by atoms with Crippen LogP contribution in [0.1, 0.15) is 16.7 Å². The van der Waals surface area contributed by atoms with Crippen molar-refractivity contribution in [2.45, 2.75) is 20.3 Å². The van der Waals surface area contributed by atoms with E-state index in [-0.39, 0.29) is 12.8 Å². The van der Waals surface area contributed by atoms with Gasteiger partial charge in [-0.15, -0.1) is 0 Å². The lowest BCUT2D eigenvalue weighted by Gasteiger charge is -2.12. The molecule has 0 aliphatic heterocycles. The van der Waals surface area contributed by atoms with Crippen LogP contribution in [0.2, 0.25) is 5.02 Å². The maximum Gasteiger partial charge on any atom is 0.317 e. The number of hydrogen-bond acceptors (Lipinski definition) is 2. The van der Waals surface area contributed by atoms with Gasteiger partial charge in [0, 0.05) is 11.6 Å². The van der Waals surface area contributed by atoms with E-state index >= 15 is 0 Å². The van der Waals surface area contributed by atoms with E-state index in [1.165, 1.54) is 0 Å². The van der Waals surface area contributed by atoms with Gasteiger partial charge in [0.15, 0.2) is 6.73 Å². The minimum atomic E-state index is -0.252. The van der Waals surface area contributed by atoms with Gasteiger partial charge >= 0.3 is 6.03 Å². The van der Waals surface area contributed by atoms with Crippen LogP contribution in [0, 0.1) is 13.8 Å². The molecule has 0 fully saturated rings. The number of halogens is 1. The van der Waals surface area contributed by atoms with Gasteiger partial charge in [0.25, 0.3) is 0 Å². The predicted octanol–water partition coefficient (Wildman–Crippen LogP) is 3.84. The van der Waals surface area contributed by atoms with Crippen LogP contribution in [0.15, 0.2) is 42.5 Å². The number of benzene rings is 2. The highest BCUT2D eigenvalue weighted by Gasteiger charge is 2.03. The number of amides is 2. The first-order valence-electron chi connectivity index (χ1n) is 7.51. The van der Waals surface area contributed by atoms with Crippen LogP contribution in [0.4, 0.5) is 4.79 Å². The molecule has 2 amide bonds. The van der Waals surface area contributed by atoms with E-state index in [4.69, 9.17) is 16.3 Å². The standard InChI is InChI=1S/C18H21ClN2O2/c1-13-5-3-8-17(14(13)2)23-12-21-18(22)20-10-9-15-6-4-7-16(19)11-15/h3-8,11H,9-10,12H2,1-2H3,(H2,20,21,22). The summed E-state index contributed by atoms with van der Waals surface area (Å²) in [6, 6.07) is 13.2. The van der Waals surface area contributed by atoms with Crippen molar-refractivity contribution in [2.75, 3.05) is 13.3 Å². The predicted molar refractivity (Wildman–Crippen MR) is 93.1 cm³/mol. The van der Waals surface area contributed by atoms with Gasteiger partial charge in [-0.1, -0.05) is 35.9 Å². The monoisotopic (exact) mass is 332 g/mol. The molecule has 2 aromatic carbocycles. The maximum atomic E-state index is 11.7. The zero-order valence-electron chi connectivity index (χ0n) is 13.4. The molecular weight excluding hydrogens is 312 g/mol. The highest BCUT2D eigenvalue weighted by atomic mass is 35.5. The van der Waals surface area contributed by atoms with Crippen LogP contribution in [0.5, 0.6) is 5.75 Å². The number of carbonyl (C=O) groups excluding carboxylic acids is 1. The minimum Gasteiger partial charge on any atom is -0.473 e. The third-order valence-electron chi connectivity index (χ3n) is 3.60. The molecule has 5 heteroatoms. The van der Waals surface area contributed by atoms with E-state index in [0.717, 1.165) is 28.9 Å². The number of carbonyl (C=O) groups is 1. The Balaban J connectivity index is 1.68. The summed E-state index contributed by atoms with van der Waals surface area (Å²) in [6.07, 6.45) is 0.728. The highest BCUT2D eigenvalue weighted by Crippen LogP contribution is 2.19. The largest absolute Gasteiger partial charge is 0.473 e. The second-order valence-corrected chi connectivity index (χ2v) is 5.74. The summed E-state index contributed by atoms with van der Waals surface area (Å²) in [5.41, 5.74) is 3.33. The molecule has 0 bridgehead atoms. The third kappa shape index (κ3) is 5.49. The average Bonchev–Trinajstić information content (AvgIpc) is 2.51. The molecule has 0 aliphatic carbocycles. The first kappa shape index (κ1) is 17.2. The van der Waals surface area contributed by atoms with E-state index < -0.39 is 0 Å². The van der Waals surface area contributed by atoms with Gasteiger partial charge in [-0.25, -0.2) is 4.79 Å². The number of urea groups is 1. The van der Waals surface area contributed by atoms with Crippen molar-refractivity contribution in [3.63, 3.8) is 0 Å². The summed E-state index contributed by atoms with van der Waals surface area (Å²) in [5, 5.41) is 6.17. The molecule has 0 aromatic heterocycles. The number of hydrogen-bond donors (Lipinski definition) is 2. The van der Waals surface area contributed by atoms with E-state index in [1.807, 2.05) is 56.3 Å². The quantitative estimate of drug-likeness (QED) is 0.790. The lowest BCUT2D eigenvalue weighted by molar-refractivity contribution is 0.224. The molecule has 122 valence electrons. The van der Waals surface area contributed by atoms with Crippen molar-refractivity contribution in [3.05, 3.63) is 64.2 Å². The lowest BCUT2D eigenvalue weighted by Crippen LogP contribution is -2.38. The fourth-order valence-electron chi connectivity index (χ4n) is 2.14. The topological polar surface area (TPSA) is 50.4 Å². The first-order chi connectivity index (χ1) is 11.1. The second kappa shape index (κ2) is 8.44. The molecule has 0 atom stereocenters. The van der Waals surface area contributed by atoms with Crippen molar-refractivity contribution >= 4 is 17.6 Å². The summed E-state index contributed by atoms with van der Waals surface area (Å²) >= 11 is 5.92. The van der Waals surface area contributed by atoms with Crippen molar-refractivity contribution in [1.82, 2.24) is 10.6 Å². The lowest BCUT2D eigenvalue weighted by atomic mass is 10.1. The van der Waals surface area contributed by atoms with E-state index in [0.29, 0.717) is 11.6 Å². The molecule has 2 aromatic rings. The van der Waals surface area contributed by atoms with Crippen molar-refractivity contribution in [2.24, 2.45) is 0 Å². The smallest absolute Gasteiger partial charge is 0.317 e. The van der Waals surface area contributed by atoms with Crippen LogP contribution in [0.3, 0.4) is 0 Å². The van der Waals surface area contributed by atoms with Crippen LogP contribution in [-0.4, -0.2) is 19.3 Å². The normalized spacial score (nSPS) is 10.2. The fraction of sp³-hybridized carbons (Fsp3) is 0.278. The minimum absolute atomic E-state index is 0.132. The van der Waals surface area contributed by atoms with Crippen molar-refractivity contribution in [1.29, 1.82) is 0 Å². The number of rotatable bonds is 6. The Morgan fingerprint density at radius 1 is 1.13 bits per heavy atom. The SMILES string of the molecule is Cc1cccc(OCNC(=O)NCCc2cccc(Cl)c2)c1C. The second-order valence-electron chi connectivity index (χ2n) is 5.30. The van der Waals surface area contributed by atoms with Gasteiger partial charge in [-0.2, -0.15) is 0 Å². The van der Waals surface area contributed by atoms with Gasteiger partial charge in [0.05, 0.1) is 0 Å². The Bertz CT molecular complexity index is 674. The number of ether oxygens (including phenoxy) is 1. The number of nitrogens with one attached hydrogen (secondary N) is 2. The molecule has 0 radical (unpaired) electrons. The Morgan fingerprint density at radius 3 is 2.70 bits per heavy atom. The summed E-state index contributed by atoms with van der Waals surface area (Å²) in [5.74, 6) is 0.782. The molecule has 0 spiro atoms. The van der Waals surface area contributed by atoms with E-state index in [9.17, 15) is 4.79 Å². The summed E-state index contributed by atoms with van der Waals surface area (Å²) in [6.45, 7) is 4.69. The van der Waals surface area contributed by atoms with Crippen molar-refractivity contribution < 1.29 is 9.53 Å². The van der Waals surface area contributed by atoms with Crippen LogP contribution < -0.4 is 15.4 Å². The summed E-state index contributed by atoms with van der Waals surface area (Å²) < 4.78 is 5.58. The highest BCUT2D eigenvalue weighted by molar-refractivity contribution is 6.30. The average molecular weight is 333 g/mol. The van der Waals surface area contributed by atoms with Crippen LogP contribution in [-0.2, 0) is 6.42 Å². The van der Waals surface area contributed by atoms with Gasteiger partial charge in [0.1, 0.15) is 5.75 Å². The summed E-state index contributed by atoms with van der Waals surface area (Å²) in [7, 11) is 0. The zero-order chi connectivity index (χ0) is 16.7. The van der Waals surface area contributed by atoms with E-state index in [2.05, 4.69) is 10.6 Å². The Kier molecular flexibility index (Phi) is 6.29. The molecular formula is C18H21ClN2O2. The van der Waals surface area contributed by atoms with Crippen LogP contribution >= 0.6 is 11.6 Å². The molecule has 23 heavy (non-hydrogen) atoms. The van der Waals surface area contributed by atoms with Gasteiger partial charge in [0.2, 0.25) is 0 Å². The van der Waals surface area contributed by atoms with Crippen LogP contribution in [0.25, 0.3) is 0 Å². The van der Waals surface area contributed by atoms with Gasteiger partial charge < -0.3 is 15.4 Å². The third-order valence-corrected chi connectivity index (χ3v) is 3.84. The maximum absolute atomic E-state index is 11.7. The Morgan fingerprint density at radius 2 is 1.91 bits per heavy atom. The fourth-order valence-corrected chi connectivity index (χ4v) is 2.35. The molecule has 2 N–H and O–H groups in total. The molecule has 2 rings (SSSR count). The molecule has 0 saturated heterocycles. The van der Waals surface area contributed by atoms with Gasteiger partial charge in [-0.3, -0.25) is 0 Å². The van der Waals surface area contributed by atoms with Crippen molar-refractivity contribution in [3.8, 4) is 5.75 Å². The van der Waals surface area contributed by atoms with E-state index in [1.54, 1.807) is 0 Å². The first-order valence-corrected chi connectivity index (χ1v) is 7.89. The molecule has 0 unspecified atom stereocenters. The number of aryl methyl sites for hydroxylation is 1. The molecule has 4 nitrogen and oxygen atoms in total.